The zero-order valence-electron chi connectivity index (χ0n) is 10.4. The molecule has 2 unspecified atom stereocenters. The molecule has 0 aliphatic carbocycles. The van der Waals surface area contributed by atoms with E-state index in [0.717, 1.165) is 19.4 Å². The Kier molecular flexibility index (Phi) is 7.34. The molecule has 0 saturated carbocycles. The fourth-order valence-corrected chi connectivity index (χ4v) is 1.17. The molecule has 90 valence electrons. The molecule has 0 rings (SSSR count). The Hall–Kier alpha value is -0.610. The first-order valence-electron chi connectivity index (χ1n) is 5.69. The van der Waals surface area contributed by atoms with Crippen LogP contribution in [0.15, 0.2) is 0 Å². The van der Waals surface area contributed by atoms with Gasteiger partial charge in [0.15, 0.2) is 0 Å². The first-order valence-corrected chi connectivity index (χ1v) is 5.69. The van der Waals surface area contributed by atoms with Gasteiger partial charge in [-0.1, -0.05) is 6.92 Å². The SMILES string of the molecule is CCC(C)NC(=O)CN(C)CCC(C)N. The molecule has 4 nitrogen and oxygen atoms in total. The number of carbonyl (C=O) groups is 1. The maximum atomic E-state index is 11.5. The molecule has 0 heterocycles. The van der Waals surface area contributed by atoms with E-state index in [4.69, 9.17) is 5.73 Å². The second-order valence-corrected chi connectivity index (χ2v) is 4.38. The number of hydrogen-bond donors (Lipinski definition) is 2. The highest BCUT2D eigenvalue weighted by molar-refractivity contribution is 5.78. The lowest BCUT2D eigenvalue weighted by atomic mass is 10.2. The van der Waals surface area contributed by atoms with Crippen LogP contribution in [-0.4, -0.2) is 43.0 Å². The van der Waals surface area contributed by atoms with Crippen molar-refractivity contribution in [2.75, 3.05) is 20.1 Å². The Bertz CT molecular complexity index is 183. The highest BCUT2D eigenvalue weighted by atomic mass is 16.2. The third-order valence-corrected chi connectivity index (χ3v) is 2.40. The van der Waals surface area contributed by atoms with Crippen molar-refractivity contribution in [3.8, 4) is 0 Å². The summed E-state index contributed by atoms with van der Waals surface area (Å²) >= 11 is 0. The summed E-state index contributed by atoms with van der Waals surface area (Å²) in [5.74, 6) is 0.0940. The quantitative estimate of drug-likeness (QED) is 0.653. The smallest absolute Gasteiger partial charge is 0.234 e. The number of nitrogens with two attached hydrogens (primary N) is 1. The van der Waals surface area contributed by atoms with Gasteiger partial charge in [-0.05, 0) is 40.3 Å². The fraction of sp³-hybridized carbons (Fsp3) is 0.909. The molecule has 0 saturated heterocycles. The van der Waals surface area contributed by atoms with E-state index in [2.05, 4.69) is 12.2 Å². The van der Waals surface area contributed by atoms with Crippen LogP contribution in [0.5, 0.6) is 0 Å². The molecule has 4 heteroatoms. The Morgan fingerprint density at radius 2 is 2.07 bits per heavy atom. The Labute approximate surface area is 93.2 Å². The van der Waals surface area contributed by atoms with Gasteiger partial charge >= 0.3 is 0 Å². The van der Waals surface area contributed by atoms with E-state index >= 15 is 0 Å². The van der Waals surface area contributed by atoms with Gasteiger partial charge in [0.05, 0.1) is 6.54 Å². The van der Waals surface area contributed by atoms with Crippen LogP contribution in [0.3, 0.4) is 0 Å². The summed E-state index contributed by atoms with van der Waals surface area (Å²) in [6, 6.07) is 0.462. The second kappa shape index (κ2) is 7.65. The van der Waals surface area contributed by atoms with Gasteiger partial charge in [0.25, 0.3) is 0 Å². The van der Waals surface area contributed by atoms with Crippen molar-refractivity contribution in [3.05, 3.63) is 0 Å². The zero-order chi connectivity index (χ0) is 11.8. The van der Waals surface area contributed by atoms with Gasteiger partial charge < -0.3 is 11.1 Å². The van der Waals surface area contributed by atoms with Crippen molar-refractivity contribution in [2.24, 2.45) is 5.73 Å². The predicted molar refractivity (Wildman–Crippen MR) is 63.7 cm³/mol. The average molecular weight is 215 g/mol. The van der Waals surface area contributed by atoms with Crippen LogP contribution in [0.25, 0.3) is 0 Å². The molecule has 0 aromatic carbocycles. The lowest BCUT2D eigenvalue weighted by Crippen LogP contribution is -2.40. The van der Waals surface area contributed by atoms with Crippen molar-refractivity contribution < 1.29 is 4.79 Å². The number of nitrogens with zero attached hydrogens (tertiary/aromatic N) is 1. The van der Waals surface area contributed by atoms with Crippen LogP contribution in [-0.2, 0) is 4.79 Å². The van der Waals surface area contributed by atoms with Crippen LogP contribution >= 0.6 is 0 Å². The van der Waals surface area contributed by atoms with E-state index in [-0.39, 0.29) is 18.0 Å². The van der Waals surface area contributed by atoms with E-state index in [0.29, 0.717) is 6.54 Å². The van der Waals surface area contributed by atoms with Crippen molar-refractivity contribution in [1.29, 1.82) is 0 Å². The molecule has 2 atom stereocenters. The first-order chi connectivity index (χ1) is 6.95. The molecule has 1 amide bonds. The van der Waals surface area contributed by atoms with Gasteiger partial charge in [0.2, 0.25) is 5.91 Å². The standard InChI is InChI=1S/C11H25N3O/c1-5-10(3)13-11(15)8-14(4)7-6-9(2)12/h9-10H,5-8,12H2,1-4H3,(H,13,15). The summed E-state index contributed by atoms with van der Waals surface area (Å²) in [6.07, 6.45) is 1.89. The molecular weight excluding hydrogens is 190 g/mol. The summed E-state index contributed by atoms with van der Waals surface area (Å²) in [6.45, 7) is 7.38. The van der Waals surface area contributed by atoms with E-state index in [1.54, 1.807) is 0 Å². The number of carbonyl (C=O) groups excluding carboxylic acids is 1. The van der Waals surface area contributed by atoms with Crippen molar-refractivity contribution in [2.45, 2.75) is 45.7 Å². The molecule has 0 aromatic heterocycles. The average Bonchev–Trinajstić information content (AvgIpc) is 2.14. The number of nitrogens with one attached hydrogen (secondary N) is 1. The summed E-state index contributed by atoms with van der Waals surface area (Å²) in [5, 5.41) is 2.94. The number of amides is 1. The topological polar surface area (TPSA) is 58.4 Å². The highest BCUT2D eigenvalue weighted by Gasteiger charge is 2.08. The van der Waals surface area contributed by atoms with Crippen LogP contribution in [0, 0.1) is 0 Å². The summed E-state index contributed by atoms with van der Waals surface area (Å²) in [4.78, 5) is 13.5. The van der Waals surface area contributed by atoms with E-state index < -0.39 is 0 Å². The lowest BCUT2D eigenvalue weighted by Gasteiger charge is -2.19. The van der Waals surface area contributed by atoms with Gasteiger partial charge in [-0.15, -0.1) is 0 Å². The van der Waals surface area contributed by atoms with Gasteiger partial charge in [-0.3, -0.25) is 9.69 Å². The molecule has 3 N–H and O–H groups in total. The van der Waals surface area contributed by atoms with Gasteiger partial charge in [-0.2, -0.15) is 0 Å². The summed E-state index contributed by atoms with van der Waals surface area (Å²) in [5.41, 5.74) is 5.65. The lowest BCUT2D eigenvalue weighted by molar-refractivity contribution is -0.122. The third kappa shape index (κ3) is 8.39. The highest BCUT2D eigenvalue weighted by Crippen LogP contribution is 1.92. The summed E-state index contributed by atoms with van der Waals surface area (Å²) in [7, 11) is 1.94. The van der Waals surface area contributed by atoms with Gasteiger partial charge in [-0.25, -0.2) is 0 Å². The van der Waals surface area contributed by atoms with E-state index in [9.17, 15) is 4.79 Å². The van der Waals surface area contributed by atoms with Crippen molar-refractivity contribution in [3.63, 3.8) is 0 Å². The number of rotatable bonds is 7. The first kappa shape index (κ1) is 14.4. The molecule has 0 aromatic rings. The Balaban J connectivity index is 3.66. The maximum Gasteiger partial charge on any atom is 0.234 e. The third-order valence-electron chi connectivity index (χ3n) is 2.40. The summed E-state index contributed by atoms with van der Waals surface area (Å²) < 4.78 is 0. The van der Waals surface area contributed by atoms with Crippen LogP contribution in [0.1, 0.15) is 33.6 Å². The van der Waals surface area contributed by atoms with E-state index in [1.807, 2.05) is 25.8 Å². The van der Waals surface area contributed by atoms with Crippen molar-refractivity contribution in [1.82, 2.24) is 10.2 Å². The maximum absolute atomic E-state index is 11.5. The molecule has 0 aliphatic rings. The van der Waals surface area contributed by atoms with Crippen molar-refractivity contribution >= 4 is 5.91 Å². The molecule has 0 fully saturated rings. The Morgan fingerprint density at radius 1 is 1.47 bits per heavy atom. The minimum absolute atomic E-state index is 0.0940. The molecule has 15 heavy (non-hydrogen) atoms. The van der Waals surface area contributed by atoms with E-state index in [1.165, 1.54) is 0 Å². The number of hydrogen-bond acceptors (Lipinski definition) is 3. The molecular formula is C11H25N3O. The molecule has 0 radical (unpaired) electrons. The van der Waals surface area contributed by atoms with Gasteiger partial charge in [0, 0.05) is 12.1 Å². The zero-order valence-corrected chi connectivity index (χ0v) is 10.4. The minimum atomic E-state index is 0.0940. The monoisotopic (exact) mass is 215 g/mol. The number of likely N-dealkylation sites (N-methyl/N-ethyl adjacent to an activating group) is 1. The largest absolute Gasteiger partial charge is 0.353 e. The normalized spacial score (nSPS) is 15.1. The van der Waals surface area contributed by atoms with Crippen LogP contribution < -0.4 is 11.1 Å². The molecule has 0 bridgehead atoms. The Morgan fingerprint density at radius 3 is 2.53 bits per heavy atom. The fourth-order valence-electron chi connectivity index (χ4n) is 1.17. The minimum Gasteiger partial charge on any atom is -0.353 e. The van der Waals surface area contributed by atoms with Gasteiger partial charge in [0.1, 0.15) is 0 Å². The van der Waals surface area contributed by atoms with Crippen LogP contribution in [0.2, 0.25) is 0 Å². The predicted octanol–water partition coefficient (Wildman–Crippen LogP) is 0.570. The second-order valence-electron chi connectivity index (χ2n) is 4.38. The van der Waals surface area contributed by atoms with Crippen LogP contribution in [0.4, 0.5) is 0 Å². The molecule has 0 spiro atoms. The molecule has 0 aliphatic heterocycles.